The summed E-state index contributed by atoms with van der Waals surface area (Å²) in [5.41, 5.74) is 2.78. The fourth-order valence-electron chi connectivity index (χ4n) is 4.61. The Labute approximate surface area is 225 Å². The summed E-state index contributed by atoms with van der Waals surface area (Å²) in [6, 6.07) is 21.5. The minimum Gasteiger partial charge on any atom is -0.497 e. The summed E-state index contributed by atoms with van der Waals surface area (Å²) in [5.74, 6) is 0.491. The molecule has 3 aromatic carbocycles. The SMILES string of the molecule is CCN1CCN(c2ccc(NC(=O)Cc3ccc(OC)cc3)cc2S(=O)(=O)N[C@@H](C)c2ccccc2)CC1. The quantitative estimate of drug-likeness (QED) is 0.406. The molecule has 1 aliphatic heterocycles. The lowest BCUT2D eigenvalue weighted by Gasteiger charge is -2.36. The maximum atomic E-state index is 13.7. The third-order valence-electron chi connectivity index (χ3n) is 6.85. The standard InChI is InChI=1S/C29H36N4O4S/c1-4-32-16-18-33(19-17-32)27-15-12-25(30-29(34)20-23-10-13-26(37-3)14-11-23)21-28(27)38(35,36)31-22(2)24-8-6-5-7-9-24/h5-15,21-22,31H,4,16-20H2,1-3H3,(H,30,34)/t22-/m0/s1. The van der Waals surface area contributed by atoms with Crippen LogP contribution < -0.4 is 19.7 Å². The van der Waals surface area contributed by atoms with Crippen LogP contribution in [0.15, 0.2) is 77.7 Å². The molecule has 1 aliphatic rings. The monoisotopic (exact) mass is 536 g/mol. The number of hydrogen-bond donors (Lipinski definition) is 2. The van der Waals surface area contributed by atoms with E-state index in [0.29, 0.717) is 11.4 Å². The highest BCUT2D eigenvalue weighted by Gasteiger charge is 2.27. The highest BCUT2D eigenvalue weighted by Crippen LogP contribution is 2.31. The third-order valence-corrected chi connectivity index (χ3v) is 8.42. The van der Waals surface area contributed by atoms with Crippen molar-refractivity contribution in [1.29, 1.82) is 0 Å². The second kappa shape index (κ2) is 12.4. The molecule has 0 unspecified atom stereocenters. The van der Waals surface area contributed by atoms with Crippen LogP contribution in [-0.2, 0) is 21.2 Å². The zero-order valence-corrected chi connectivity index (χ0v) is 23.0. The van der Waals surface area contributed by atoms with Crippen LogP contribution in [0, 0.1) is 0 Å². The van der Waals surface area contributed by atoms with Crippen LogP contribution in [0.2, 0.25) is 0 Å². The summed E-state index contributed by atoms with van der Waals surface area (Å²) < 4.78 is 35.4. The van der Waals surface area contributed by atoms with Crippen molar-refractivity contribution in [2.75, 3.05) is 50.1 Å². The number of nitrogens with one attached hydrogen (secondary N) is 2. The van der Waals surface area contributed by atoms with Crippen molar-refractivity contribution in [1.82, 2.24) is 9.62 Å². The first-order valence-electron chi connectivity index (χ1n) is 12.9. The van der Waals surface area contributed by atoms with E-state index in [1.54, 1.807) is 37.4 Å². The maximum Gasteiger partial charge on any atom is 0.243 e. The second-order valence-corrected chi connectivity index (χ2v) is 11.1. The van der Waals surface area contributed by atoms with E-state index in [-0.39, 0.29) is 17.2 Å². The molecule has 0 aliphatic carbocycles. The first-order chi connectivity index (χ1) is 18.3. The molecule has 4 rings (SSSR count). The Kier molecular flexibility index (Phi) is 9.04. The van der Waals surface area contributed by atoms with Crippen LogP contribution in [0.4, 0.5) is 11.4 Å². The molecule has 1 amide bonds. The van der Waals surface area contributed by atoms with E-state index in [1.165, 1.54) is 0 Å². The molecule has 2 N–H and O–H groups in total. The molecule has 1 fully saturated rings. The van der Waals surface area contributed by atoms with E-state index in [4.69, 9.17) is 4.74 Å². The number of ether oxygens (including phenoxy) is 1. The van der Waals surface area contributed by atoms with E-state index < -0.39 is 16.1 Å². The molecule has 1 saturated heterocycles. The van der Waals surface area contributed by atoms with Gasteiger partial charge in [0.05, 0.1) is 19.2 Å². The fraction of sp³-hybridized carbons (Fsp3) is 0.345. The van der Waals surface area contributed by atoms with Crippen LogP contribution in [0.1, 0.15) is 31.0 Å². The average molecular weight is 537 g/mol. The lowest BCUT2D eigenvalue weighted by atomic mass is 10.1. The minimum absolute atomic E-state index is 0.160. The Hall–Kier alpha value is -3.40. The summed E-state index contributed by atoms with van der Waals surface area (Å²) in [7, 11) is -2.31. The van der Waals surface area contributed by atoms with Gasteiger partial charge >= 0.3 is 0 Å². The normalized spacial score (nSPS) is 15.2. The van der Waals surface area contributed by atoms with Gasteiger partial charge in [0.25, 0.3) is 0 Å². The Morgan fingerprint density at radius 3 is 2.29 bits per heavy atom. The third kappa shape index (κ3) is 6.92. The number of likely N-dealkylation sites (N-methyl/N-ethyl adjacent to an activating group) is 1. The second-order valence-electron chi connectivity index (χ2n) is 9.43. The van der Waals surface area contributed by atoms with Crippen molar-refractivity contribution in [2.24, 2.45) is 0 Å². The molecule has 202 valence electrons. The number of methoxy groups -OCH3 is 1. The van der Waals surface area contributed by atoms with Crippen LogP contribution in [0.5, 0.6) is 5.75 Å². The predicted molar refractivity (Wildman–Crippen MR) is 151 cm³/mol. The Morgan fingerprint density at radius 1 is 0.974 bits per heavy atom. The number of hydrogen-bond acceptors (Lipinski definition) is 6. The highest BCUT2D eigenvalue weighted by atomic mass is 32.2. The number of nitrogens with zero attached hydrogens (tertiary/aromatic N) is 2. The molecular weight excluding hydrogens is 500 g/mol. The molecule has 8 nitrogen and oxygen atoms in total. The zero-order chi connectivity index (χ0) is 27.1. The van der Waals surface area contributed by atoms with Crippen LogP contribution in [-0.4, -0.2) is 59.1 Å². The molecule has 0 aromatic heterocycles. The van der Waals surface area contributed by atoms with E-state index >= 15 is 0 Å². The van der Waals surface area contributed by atoms with Gasteiger partial charge in [-0.1, -0.05) is 49.4 Å². The molecule has 1 atom stereocenters. The minimum atomic E-state index is -3.90. The molecule has 1 heterocycles. The summed E-state index contributed by atoms with van der Waals surface area (Å²) in [6.07, 6.45) is 0.163. The van der Waals surface area contributed by atoms with Gasteiger partial charge in [0.1, 0.15) is 10.6 Å². The molecule has 0 saturated carbocycles. The molecule has 3 aromatic rings. The Balaban J connectivity index is 1.58. The van der Waals surface area contributed by atoms with Gasteiger partial charge in [-0.15, -0.1) is 0 Å². The lowest BCUT2D eigenvalue weighted by molar-refractivity contribution is -0.115. The van der Waals surface area contributed by atoms with Crippen molar-refractivity contribution < 1.29 is 17.9 Å². The smallest absolute Gasteiger partial charge is 0.243 e. The maximum absolute atomic E-state index is 13.7. The van der Waals surface area contributed by atoms with Gasteiger partial charge in [0, 0.05) is 37.9 Å². The van der Waals surface area contributed by atoms with E-state index in [0.717, 1.165) is 49.6 Å². The molecule has 9 heteroatoms. The lowest BCUT2D eigenvalue weighted by Crippen LogP contribution is -2.46. The molecular formula is C29H36N4O4S. The van der Waals surface area contributed by atoms with Crippen LogP contribution in [0.25, 0.3) is 0 Å². The zero-order valence-electron chi connectivity index (χ0n) is 22.2. The largest absolute Gasteiger partial charge is 0.497 e. The average Bonchev–Trinajstić information content (AvgIpc) is 2.93. The van der Waals surface area contributed by atoms with Gasteiger partial charge in [-0.05, 0) is 54.9 Å². The van der Waals surface area contributed by atoms with Gasteiger partial charge in [-0.3, -0.25) is 4.79 Å². The van der Waals surface area contributed by atoms with Crippen LogP contribution >= 0.6 is 0 Å². The van der Waals surface area contributed by atoms with E-state index in [9.17, 15) is 13.2 Å². The number of anilines is 2. The van der Waals surface area contributed by atoms with Crippen molar-refractivity contribution in [2.45, 2.75) is 31.2 Å². The highest BCUT2D eigenvalue weighted by molar-refractivity contribution is 7.89. The Morgan fingerprint density at radius 2 is 1.66 bits per heavy atom. The molecule has 0 bridgehead atoms. The van der Waals surface area contributed by atoms with Gasteiger partial charge in [-0.2, -0.15) is 0 Å². The van der Waals surface area contributed by atoms with E-state index in [2.05, 4.69) is 26.8 Å². The van der Waals surface area contributed by atoms with Crippen molar-refractivity contribution >= 4 is 27.3 Å². The summed E-state index contributed by atoms with van der Waals surface area (Å²) in [6.45, 7) is 8.11. The number of sulfonamides is 1. The Bertz CT molecular complexity index is 1320. The van der Waals surface area contributed by atoms with Gasteiger partial charge in [-0.25, -0.2) is 13.1 Å². The molecule has 0 radical (unpaired) electrons. The van der Waals surface area contributed by atoms with Crippen molar-refractivity contribution in [3.63, 3.8) is 0 Å². The summed E-state index contributed by atoms with van der Waals surface area (Å²) in [5, 5.41) is 2.87. The predicted octanol–water partition coefficient (Wildman–Crippen LogP) is 4.06. The number of carbonyl (C=O) groups excluding carboxylic acids is 1. The first-order valence-corrected chi connectivity index (χ1v) is 14.4. The van der Waals surface area contributed by atoms with Gasteiger partial charge in [0.15, 0.2) is 0 Å². The topological polar surface area (TPSA) is 91.0 Å². The number of benzene rings is 3. The number of piperazine rings is 1. The summed E-state index contributed by atoms with van der Waals surface area (Å²) in [4.78, 5) is 17.4. The van der Waals surface area contributed by atoms with Crippen molar-refractivity contribution in [3.8, 4) is 5.75 Å². The van der Waals surface area contributed by atoms with Crippen LogP contribution in [0.3, 0.4) is 0 Å². The fourth-order valence-corrected chi connectivity index (χ4v) is 6.10. The molecule has 38 heavy (non-hydrogen) atoms. The summed E-state index contributed by atoms with van der Waals surface area (Å²) >= 11 is 0. The number of carbonyl (C=O) groups is 1. The number of amides is 1. The molecule has 0 spiro atoms. The first kappa shape index (κ1) is 27.6. The van der Waals surface area contributed by atoms with E-state index in [1.807, 2.05) is 49.4 Å². The number of rotatable bonds is 10. The van der Waals surface area contributed by atoms with Gasteiger partial charge < -0.3 is 19.9 Å². The van der Waals surface area contributed by atoms with Crippen molar-refractivity contribution in [3.05, 3.63) is 83.9 Å². The van der Waals surface area contributed by atoms with Gasteiger partial charge in [0.2, 0.25) is 15.9 Å².